The lowest BCUT2D eigenvalue weighted by molar-refractivity contribution is -0.384. The van der Waals surface area contributed by atoms with Gasteiger partial charge < -0.3 is 15.1 Å². The molecule has 0 aliphatic carbocycles. The summed E-state index contributed by atoms with van der Waals surface area (Å²) in [6.07, 6.45) is -0.0266. The number of carbonyl (C=O) groups excluding carboxylic acids is 1. The van der Waals surface area contributed by atoms with Crippen LogP contribution in [0.3, 0.4) is 0 Å². The summed E-state index contributed by atoms with van der Waals surface area (Å²) in [5, 5.41) is 13.9. The van der Waals surface area contributed by atoms with Crippen LogP contribution in [-0.4, -0.2) is 59.9 Å². The minimum Gasteiger partial charge on any atom is -0.379 e. The van der Waals surface area contributed by atoms with Crippen molar-refractivity contribution >= 4 is 17.3 Å². The molecule has 2 saturated heterocycles. The predicted molar refractivity (Wildman–Crippen MR) is 115 cm³/mol. The molecule has 2 aliphatic heterocycles. The fourth-order valence-corrected chi connectivity index (χ4v) is 4.52. The molecule has 0 radical (unpaired) electrons. The highest BCUT2D eigenvalue weighted by molar-refractivity contribution is 5.77. The number of amides is 1. The Hall–Kier alpha value is -2.36. The summed E-state index contributed by atoms with van der Waals surface area (Å²) >= 11 is 0. The van der Waals surface area contributed by atoms with Gasteiger partial charge in [-0.15, -0.1) is 0 Å². The van der Waals surface area contributed by atoms with E-state index in [9.17, 15) is 28.1 Å². The first-order chi connectivity index (χ1) is 15.1. The van der Waals surface area contributed by atoms with E-state index in [0.717, 1.165) is 50.5 Å². The van der Waals surface area contributed by atoms with Crippen molar-refractivity contribution < 1.29 is 22.9 Å². The summed E-state index contributed by atoms with van der Waals surface area (Å²) in [6, 6.07) is 2.36. The molecule has 3 rings (SSSR count). The highest BCUT2D eigenvalue weighted by atomic mass is 19.4. The van der Waals surface area contributed by atoms with Crippen molar-refractivity contribution in [1.29, 1.82) is 0 Å². The van der Waals surface area contributed by atoms with Crippen LogP contribution in [-0.2, 0) is 11.0 Å². The molecule has 1 amide bonds. The monoisotopic (exact) mass is 456 g/mol. The fourth-order valence-electron chi connectivity index (χ4n) is 4.52. The topological polar surface area (TPSA) is 78.7 Å². The lowest BCUT2D eigenvalue weighted by Gasteiger charge is -2.38. The highest BCUT2D eigenvalue weighted by Crippen LogP contribution is 2.35. The highest BCUT2D eigenvalue weighted by Gasteiger charge is 2.33. The van der Waals surface area contributed by atoms with Crippen molar-refractivity contribution in [3.8, 4) is 0 Å². The van der Waals surface area contributed by atoms with E-state index in [4.69, 9.17) is 0 Å². The molecule has 0 saturated carbocycles. The van der Waals surface area contributed by atoms with E-state index in [1.165, 1.54) is 12.8 Å². The summed E-state index contributed by atoms with van der Waals surface area (Å²) in [6.45, 7) is 7.05. The van der Waals surface area contributed by atoms with Crippen LogP contribution < -0.4 is 5.32 Å². The molecule has 2 aliphatic rings. The van der Waals surface area contributed by atoms with Gasteiger partial charge in [-0.1, -0.05) is 6.92 Å². The van der Waals surface area contributed by atoms with Crippen molar-refractivity contribution in [2.45, 2.75) is 45.2 Å². The fraction of sp³-hybridized carbons (Fsp3) is 0.682. The second-order valence-electron chi connectivity index (χ2n) is 8.99. The van der Waals surface area contributed by atoms with Crippen LogP contribution in [0, 0.1) is 22.0 Å². The zero-order chi connectivity index (χ0) is 23.3. The molecular formula is C22H31F3N4O3. The summed E-state index contributed by atoms with van der Waals surface area (Å²) < 4.78 is 38.5. The van der Waals surface area contributed by atoms with Gasteiger partial charge in [0.15, 0.2) is 0 Å². The van der Waals surface area contributed by atoms with Crippen LogP contribution in [0.25, 0.3) is 0 Å². The van der Waals surface area contributed by atoms with Gasteiger partial charge in [-0.25, -0.2) is 0 Å². The zero-order valence-electron chi connectivity index (χ0n) is 18.4. The second kappa shape index (κ2) is 10.5. The van der Waals surface area contributed by atoms with Gasteiger partial charge in [0, 0.05) is 38.7 Å². The molecular weight excluding hydrogens is 425 g/mol. The molecule has 32 heavy (non-hydrogen) atoms. The van der Waals surface area contributed by atoms with Crippen LogP contribution >= 0.6 is 0 Å². The van der Waals surface area contributed by atoms with Crippen LogP contribution in [0.15, 0.2) is 18.2 Å². The second-order valence-corrected chi connectivity index (χ2v) is 8.99. The van der Waals surface area contributed by atoms with Crippen molar-refractivity contribution in [3.63, 3.8) is 0 Å². The molecule has 7 nitrogen and oxygen atoms in total. The van der Waals surface area contributed by atoms with Crippen molar-refractivity contribution in [1.82, 2.24) is 9.80 Å². The maximum atomic E-state index is 12.8. The Morgan fingerprint density at radius 1 is 1.22 bits per heavy atom. The molecule has 1 unspecified atom stereocenters. The smallest absolute Gasteiger partial charge is 0.379 e. The molecule has 0 aromatic heterocycles. The van der Waals surface area contributed by atoms with Gasteiger partial charge in [0.25, 0.3) is 5.69 Å². The van der Waals surface area contributed by atoms with E-state index < -0.39 is 22.4 Å². The lowest BCUT2D eigenvalue weighted by Crippen LogP contribution is -2.45. The van der Waals surface area contributed by atoms with E-state index in [2.05, 4.69) is 17.1 Å². The summed E-state index contributed by atoms with van der Waals surface area (Å²) in [5.41, 5.74) is -1.75. The number of halogens is 3. The van der Waals surface area contributed by atoms with Crippen LogP contribution in [0.1, 0.15) is 44.6 Å². The quantitative estimate of drug-likeness (QED) is 0.487. The van der Waals surface area contributed by atoms with Gasteiger partial charge in [-0.05, 0) is 62.7 Å². The van der Waals surface area contributed by atoms with Gasteiger partial charge in [0.1, 0.15) is 5.69 Å². The number of rotatable bonds is 7. The first-order valence-electron chi connectivity index (χ1n) is 11.2. The van der Waals surface area contributed by atoms with E-state index in [0.29, 0.717) is 25.1 Å². The largest absolute Gasteiger partial charge is 0.416 e. The number of nitro groups is 1. The number of hydrogen-bond donors (Lipinski definition) is 1. The number of nitrogens with zero attached hydrogens (tertiary/aromatic N) is 3. The number of piperidine rings is 2. The third-order valence-electron chi connectivity index (χ3n) is 6.44. The molecule has 1 atom stereocenters. The van der Waals surface area contributed by atoms with E-state index in [1.807, 2.05) is 4.90 Å². The maximum Gasteiger partial charge on any atom is 0.416 e. The third-order valence-corrected chi connectivity index (χ3v) is 6.44. The minimum absolute atomic E-state index is 0.0216. The molecule has 2 heterocycles. The minimum atomic E-state index is -4.66. The van der Waals surface area contributed by atoms with E-state index >= 15 is 0 Å². The maximum absolute atomic E-state index is 12.8. The number of nitrogens with one attached hydrogen (secondary N) is 1. The first-order valence-corrected chi connectivity index (χ1v) is 11.2. The molecule has 0 spiro atoms. The van der Waals surface area contributed by atoms with Crippen molar-refractivity contribution in [2.24, 2.45) is 11.8 Å². The Kier molecular flexibility index (Phi) is 7.97. The number of carbonyl (C=O) groups is 1. The molecule has 2 fully saturated rings. The molecule has 178 valence electrons. The molecule has 0 bridgehead atoms. The summed E-state index contributed by atoms with van der Waals surface area (Å²) in [5.74, 6) is 1.19. The third kappa shape index (κ3) is 6.57. The standard InChI is InChI=1S/C22H31F3N4O3/c1-16-7-11-27(12-8-16)14-17-3-2-10-28(15-17)21(30)6-9-26-19-5-4-18(22(23,24)25)13-20(19)29(31)32/h4-5,13,16-17,26H,2-3,6-12,14-15H2,1H3. The average Bonchev–Trinajstić information content (AvgIpc) is 2.75. The Labute approximate surface area is 186 Å². The van der Waals surface area contributed by atoms with Gasteiger partial charge in [-0.2, -0.15) is 13.2 Å². The number of nitro benzene ring substituents is 1. The number of likely N-dealkylation sites (tertiary alicyclic amines) is 2. The number of anilines is 1. The van der Waals surface area contributed by atoms with Gasteiger partial charge in [0.05, 0.1) is 10.5 Å². The molecule has 1 aromatic carbocycles. The SMILES string of the molecule is CC1CCN(CC2CCCN(C(=O)CCNc3ccc(C(F)(F)F)cc3[N+](=O)[O-])C2)CC1. The summed E-state index contributed by atoms with van der Waals surface area (Å²) in [7, 11) is 0. The molecule has 10 heteroatoms. The molecule has 1 aromatic rings. The number of hydrogen-bond acceptors (Lipinski definition) is 5. The predicted octanol–water partition coefficient (Wildman–Crippen LogP) is 4.39. The Morgan fingerprint density at radius 2 is 1.94 bits per heavy atom. The van der Waals surface area contributed by atoms with Crippen molar-refractivity contribution in [3.05, 3.63) is 33.9 Å². The van der Waals surface area contributed by atoms with Crippen LogP contribution in [0.4, 0.5) is 24.5 Å². The number of benzene rings is 1. The Balaban J connectivity index is 1.49. The Morgan fingerprint density at radius 3 is 2.59 bits per heavy atom. The van der Waals surface area contributed by atoms with E-state index in [-0.39, 0.29) is 24.6 Å². The number of alkyl halides is 3. The zero-order valence-corrected chi connectivity index (χ0v) is 18.4. The van der Waals surface area contributed by atoms with Gasteiger partial charge in [0.2, 0.25) is 5.91 Å². The normalized spacial score (nSPS) is 20.9. The average molecular weight is 457 g/mol. The summed E-state index contributed by atoms with van der Waals surface area (Å²) in [4.78, 5) is 27.3. The van der Waals surface area contributed by atoms with Gasteiger partial charge >= 0.3 is 6.18 Å². The lowest BCUT2D eigenvalue weighted by atomic mass is 9.94. The molecule has 1 N–H and O–H groups in total. The van der Waals surface area contributed by atoms with Crippen molar-refractivity contribution in [2.75, 3.05) is 44.6 Å². The van der Waals surface area contributed by atoms with Crippen LogP contribution in [0.5, 0.6) is 0 Å². The van der Waals surface area contributed by atoms with E-state index in [1.54, 1.807) is 0 Å². The first kappa shape index (κ1) is 24.3. The van der Waals surface area contributed by atoms with Gasteiger partial charge in [-0.3, -0.25) is 14.9 Å². The van der Waals surface area contributed by atoms with Crippen LogP contribution in [0.2, 0.25) is 0 Å². The Bertz CT molecular complexity index is 810.